The van der Waals surface area contributed by atoms with Gasteiger partial charge in [-0.05, 0) is 78.4 Å². The fourth-order valence-corrected chi connectivity index (χ4v) is 4.73. The molecule has 0 radical (unpaired) electrons. The molecular weight excluding hydrogens is 556 g/mol. The predicted molar refractivity (Wildman–Crippen MR) is 193 cm³/mol. The fourth-order valence-electron chi connectivity index (χ4n) is 4.73. The Morgan fingerprint density at radius 3 is 1.60 bits per heavy atom. The van der Waals surface area contributed by atoms with Gasteiger partial charge in [-0.2, -0.15) is 0 Å². The van der Waals surface area contributed by atoms with Gasteiger partial charge in [0.1, 0.15) is 12.2 Å². The van der Waals surface area contributed by atoms with Crippen molar-refractivity contribution in [3.05, 3.63) is 142 Å². The average molecular weight is 613 g/mol. The van der Waals surface area contributed by atoms with Crippen molar-refractivity contribution in [3.63, 3.8) is 0 Å². The summed E-state index contributed by atoms with van der Waals surface area (Å²) < 4.78 is 5.34. The molecule has 45 heavy (non-hydrogen) atoms. The number of ketones is 1. The first-order valence-electron chi connectivity index (χ1n) is 15.6. The van der Waals surface area contributed by atoms with E-state index < -0.39 is 11.7 Å². The number of ether oxygens (including phenoxy) is 1. The summed E-state index contributed by atoms with van der Waals surface area (Å²) in [5.74, 6) is -0.170. The van der Waals surface area contributed by atoms with Crippen molar-refractivity contribution in [2.24, 2.45) is 5.41 Å². The summed E-state index contributed by atoms with van der Waals surface area (Å²) in [6.45, 7) is 19.6. The van der Waals surface area contributed by atoms with Gasteiger partial charge in [-0.25, -0.2) is 0 Å². The van der Waals surface area contributed by atoms with Gasteiger partial charge in [-0.1, -0.05) is 145 Å². The molecule has 2 atom stereocenters. The lowest BCUT2D eigenvalue weighted by Gasteiger charge is -2.34. The summed E-state index contributed by atoms with van der Waals surface area (Å²) >= 11 is 0. The summed E-state index contributed by atoms with van der Waals surface area (Å²) in [5, 5.41) is 20.1. The molecule has 4 nitrogen and oxygen atoms in total. The van der Waals surface area contributed by atoms with Crippen LogP contribution in [0.25, 0.3) is 0 Å². The number of rotatable bonds is 14. The Kier molecular flexibility index (Phi) is 16.7. The third-order valence-electron chi connectivity index (χ3n) is 7.49. The van der Waals surface area contributed by atoms with Crippen LogP contribution in [0.15, 0.2) is 142 Å². The van der Waals surface area contributed by atoms with Crippen LogP contribution >= 0.6 is 0 Å². The molecule has 0 aliphatic heterocycles. The van der Waals surface area contributed by atoms with Crippen molar-refractivity contribution >= 4 is 5.78 Å². The molecule has 0 spiro atoms. The van der Waals surface area contributed by atoms with Gasteiger partial charge in [0.2, 0.25) is 0 Å². The van der Waals surface area contributed by atoms with Crippen molar-refractivity contribution in [2.45, 2.75) is 93.5 Å². The van der Waals surface area contributed by atoms with Crippen molar-refractivity contribution in [3.8, 4) is 0 Å². The van der Waals surface area contributed by atoms with E-state index in [1.54, 1.807) is 27.9 Å². The van der Waals surface area contributed by atoms with Gasteiger partial charge in [0, 0.05) is 7.11 Å². The highest BCUT2D eigenvalue weighted by atomic mass is 16.5. The van der Waals surface area contributed by atoms with E-state index in [-0.39, 0.29) is 17.3 Å². The third-order valence-corrected chi connectivity index (χ3v) is 7.49. The maximum atomic E-state index is 12.2. The lowest BCUT2D eigenvalue weighted by atomic mass is 9.71. The molecule has 0 bridgehead atoms. The second-order valence-corrected chi connectivity index (χ2v) is 13.0. The maximum absolute atomic E-state index is 12.2. The Morgan fingerprint density at radius 1 is 0.778 bits per heavy atom. The number of carbonyl (C=O) groups excluding carboxylic acids is 1. The summed E-state index contributed by atoms with van der Waals surface area (Å²) in [5.41, 5.74) is 6.04. The SMILES string of the molecule is COC(/C=C/C(C)=C/C=C/C(C)=C/C=C/C(C)=C/C=C/C=C(C)/C=C/C=C(C)/C=C/C1=C(C)C(=O)C(O)CC1(C)C)C(C)(C)O. The van der Waals surface area contributed by atoms with E-state index in [1.165, 1.54) is 0 Å². The van der Waals surface area contributed by atoms with Crippen molar-refractivity contribution in [1.29, 1.82) is 0 Å². The molecule has 2 unspecified atom stereocenters. The second kappa shape index (κ2) is 19.1. The van der Waals surface area contributed by atoms with E-state index in [2.05, 4.69) is 71.1 Å². The Balaban J connectivity index is 2.68. The topological polar surface area (TPSA) is 66.8 Å². The molecule has 2 N–H and O–H groups in total. The Hall–Kier alpha value is -3.57. The summed E-state index contributed by atoms with van der Waals surface area (Å²) in [6, 6.07) is 0. The van der Waals surface area contributed by atoms with Gasteiger partial charge in [0.05, 0.1) is 5.60 Å². The van der Waals surface area contributed by atoms with Gasteiger partial charge < -0.3 is 14.9 Å². The monoisotopic (exact) mass is 612 g/mol. The second-order valence-electron chi connectivity index (χ2n) is 13.0. The molecule has 0 amide bonds. The quantitative estimate of drug-likeness (QED) is 0.192. The molecular formula is C41H56O4. The Labute approximate surface area is 273 Å². The van der Waals surface area contributed by atoms with E-state index in [1.807, 2.05) is 80.7 Å². The molecule has 0 heterocycles. The molecule has 4 heteroatoms. The molecule has 0 saturated heterocycles. The zero-order chi connectivity index (χ0) is 34.2. The Morgan fingerprint density at radius 2 is 1.18 bits per heavy atom. The van der Waals surface area contributed by atoms with Crippen LogP contribution in [0.4, 0.5) is 0 Å². The first-order valence-corrected chi connectivity index (χ1v) is 15.6. The third kappa shape index (κ3) is 15.3. The number of hydrogen-bond donors (Lipinski definition) is 2. The minimum Gasteiger partial charge on any atom is -0.387 e. The van der Waals surface area contributed by atoms with Gasteiger partial charge in [-0.3, -0.25) is 4.79 Å². The summed E-state index contributed by atoms with van der Waals surface area (Å²) in [7, 11) is 1.60. The van der Waals surface area contributed by atoms with E-state index in [9.17, 15) is 15.0 Å². The summed E-state index contributed by atoms with van der Waals surface area (Å²) in [6.07, 6.45) is 33.7. The van der Waals surface area contributed by atoms with Crippen LogP contribution in [0.5, 0.6) is 0 Å². The van der Waals surface area contributed by atoms with Gasteiger partial charge in [-0.15, -0.1) is 0 Å². The number of Topliss-reactive ketones (excluding diaryl/α,β-unsaturated/α-hetero) is 1. The van der Waals surface area contributed by atoms with Crippen LogP contribution in [0.3, 0.4) is 0 Å². The Bertz CT molecular complexity index is 1380. The van der Waals surface area contributed by atoms with E-state index in [0.29, 0.717) is 12.0 Å². The minimum absolute atomic E-state index is 0.170. The standard InChI is InChI=1S/C41H56O4/c1-30(19-14-21-32(3)22-16-24-34(5)26-28-38(45-11)41(9,10)44)17-12-13-18-31(2)20-15-23-33(4)25-27-36-35(6)39(43)37(42)29-40(36,7)8/h12-28,37-38,42,44H,29H2,1-11H3/b13-12+,19-14+,20-15+,22-16+,27-25+,28-26+,30-17+,31-18+,32-21+,33-23+,34-24+. The van der Waals surface area contributed by atoms with E-state index >= 15 is 0 Å². The molecule has 1 aliphatic rings. The van der Waals surface area contributed by atoms with Gasteiger partial charge >= 0.3 is 0 Å². The number of hydrogen-bond acceptors (Lipinski definition) is 4. The molecule has 0 aromatic rings. The van der Waals surface area contributed by atoms with Crippen molar-refractivity contribution in [1.82, 2.24) is 0 Å². The smallest absolute Gasteiger partial charge is 0.187 e. The van der Waals surface area contributed by atoms with Crippen LogP contribution in [0.2, 0.25) is 0 Å². The number of aliphatic hydroxyl groups excluding tert-OH is 1. The van der Waals surface area contributed by atoms with Gasteiger partial charge in [0.25, 0.3) is 0 Å². The first-order chi connectivity index (χ1) is 21.0. The predicted octanol–water partition coefficient (Wildman–Crippen LogP) is 9.52. The fraction of sp³-hybridized carbons (Fsp3) is 0.390. The number of carbonyl (C=O) groups is 1. The average Bonchev–Trinajstić information content (AvgIpc) is 2.93. The molecule has 1 aliphatic carbocycles. The highest BCUT2D eigenvalue weighted by molar-refractivity contribution is 6.00. The highest BCUT2D eigenvalue weighted by Gasteiger charge is 2.36. The number of methoxy groups -OCH3 is 1. The van der Waals surface area contributed by atoms with E-state index in [0.717, 1.165) is 33.4 Å². The van der Waals surface area contributed by atoms with Crippen LogP contribution in [0.1, 0.15) is 75.7 Å². The van der Waals surface area contributed by atoms with Crippen LogP contribution < -0.4 is 0 Å². The zero-order valence-electron chi connectivity index (χ0n) is 29.4. The zero-order valence-corrected chi connectivity index (χ0v) is 29.4. The lowest BCUT2D eigenvalue weighted by Crippen LogP contribution is -2.35. The molecule has 244 valence electrons. The maximum Gasteiger partial charge on any atom is 0.187 e. The number of aliphatic hydroxyl groups is 2. The molecule has 0 aromatic carbocycles. The summed E-state index contributed by atoms with van der Waals surface area (Å²) in [4.78, 5) is 12.2. The van der Waals surface area contributed by atoms with Crippen LogP contribution in [-0.2, 0) is 9.53 Å². The lowest BCUT2D eigenvalue weighted by molar-refractivity contribution is -0.125. The van der Waals surface area contributed by atoms with Crippen molar-refractivity contribution < 1.29 is 19.7 Å². The highest BCUT2D eigenvalue weighted by Crippen LogP contribution is 2.39. The molecule has 0 aromatic heterocycles. The largest absolute Gasteiger partial charge is 0.387 e. The van der Waals surface area contributed by atoms with Gasteiger partial charge in [0.15, 0.2) is 5.78 Å². The first kappa shape index (κ1) is 39.5. The van der Waals surface area contributed by atoms with Crippen molar-refractivity contribution in [2.75, 3.05) is 7.11 Å². The normalized spacial score (nSPS) is 21.0. The van der Waals surface area contributed by atoms with Crippen LogP contribution in [0, 0.1) is 5.41 Å². The minimum atomic E-state index is -0.929. The van der Waals surface area contributed by atoms with E-state index in [4.69, 9.17) is 4.74 Å². The number of allylic oxidation sites excluding steroid dienone is 22. The van der Waals surface area contributed by atoms with Crippen LogP contribution in [-0.4, -0.2) is 40.9 Å². The molecule has 1 rings (SSSR count). The molecule has 0 saturated carbocycles. The molecule has 0 fully saturated rings.